The van der Waals surface area contributed by atoms with Gasteiger partial charge in [0, 0.05) is 31.5 Å². The highest BCUT2D eigenvalue weighted by atomic mass is 16.5. The summed E-state index contributed by atoms with van der Waals surface area (Å²) in [6.07, 6.45) is 4.64. The first kappa shape index (κ1) is 15.3. The van der Waals surface area contributed by atoms with Crippen LogP contribution in [0, 0.1) is 18.8 Å². The minimum Gasteiger partial charge on any atom is -0.477 e. The van der Waals surface area contributed by atoms with Crippen LogP contribution in [0.15, 0.2) is 18.3 Å². The smallest absolute Gasteiger partial charge is 0.228 e. The normalized spacial score (nSPS) is 22.8. The van der Waals surface area contributed by atoms with Gasteiger partial charge in [-0.3, -0.25) is 4.79 Å². The molecule has 2 aliphatic rings. The summed E-state index contributed by atoms with van der Waals surface area (Å²) in [5.74, 6) is 1.59. The topological polar surface area (TPSA) is 51.7 Å². The molecule has 3 rings (SSSR count). The van der Waals surface area contributed by atoms with Crippen molar-refractivity contribution in [1.29, 1.82) is 0 Å². The van der Waals surface area contributed by atoms with Gasteiger partial charge in [-0.1, -0.05) is 6.07 Å². The van der Waals surface area contributed by atoms with E-state index in [0.29, 0.717) is 19.1 Å². The summed E-state index contributed by atoms with van der Waals surface area (Å²) in [4.78, 5) is 18.6. The molecule has 0 aromatic carbocycles. The van der Waals surface area contributed by atoms with Crippen molar-refractivity contribution in [3.8, 4) is 5.88 Å². The van der Waals surface area contributed by atoms with Crippen LogP contribution in [0.5, 0.6) is 5.88 Å². The monoisotopic (exact) mass is 304 g/mol. The fraction of sp³-hybridized carbons (Fsp3) is 0.647. The van der Waals surface area contributed by atoms with Crippen LogP contribution in [0.25, 0.3) is 0 Å². The summed E-state index contributed by atoms with van der Waals surface area (Å²) in [6.45, 7) is 5.69. The number of ether oxygens (including phenoxy) is 2. The Morgan fingerprint density at radius 3 is 2.91 bits per heavy atom. The maximum atomic E-state index is 12.3. The Bertz CT molecular complexity index is 506. The van der Waals surface area contributed by atoms with Crippen molar-refractivity contribution in [2.45, 2.75) is 26.2 Å². The van der Waals surface area contributed by atoms with Crippen LogP contribution in [-0.2, 0) is 9.53 Å². The van der Waals surface area contributed by atoms with Gasteiger partial charge in [0.05, 0.1) is 19.1 Å². The van der Waals surface area contributed by atoms with Gasteiger partial charge in [-0.15, -0.1) is 0 Å². The molecule has 3 heterocycles. The number of likely N-dealkylation sites (tertiary alicyclic amines) is 1. The lowest BCUT2D eigenvalue weighted by atomic mass is 9.96. The molecule has 0 spiro atoms. The molecule has 22 heavy (non-hydrogen) atoms. The highest BCUT2D eigenvalue weighted by Gasteiger charge is 2.30. The van der Waals surface area contributed by atoms with Gasteiger partial charge in [0.15, 0.2) is 0 Å². The number of hydrogen-bond acceptors (Lipinski definition) is 4. The van der Waals surface area contributed by atoms with Crippen LogP contribution in [0.4, 0.5) is 0 Å². The maximum absolute atomic E-state index is 12.3. The SMILES string of the molecule is Cc1cccnc1OCC1CCN(C(=O)C2CCOC2)CC1. The van der Waals surface area contributed by atoms with Crippen LogP contribution in [0.3, 0.4) is 0 Å². The van der Waals surface area contributed by atoms with E-state index in [1.54, 1.807) is 6.20 Å². The average Bonchev–Trinajstić information content (AvgIpc) is 3.08. The first-order valence-electron chi connectivity index (χ1n) is 8.15. The van der Waals surface area contributed by atoms with Gasteiger partial charge in [0.1, 0.15) is 0 Å². The first-order valence-corrected chi connectivity index (χ1v) is 8.15. The Labute approximate surface area is 131 Å². The summed E-state index contributed by atoms with van der Waals surface area (Å²) < 4.78 is 11.2. The molecule has 2 aliphatic heterocycles. The Balaban J connectivity index is 1.44. The standard InChI is InChI=1S/C17H24N2O3/c1-13-3-2-7-18-16(13)22-11-14-4-8-19(9-5-14)17(20)15-6-10-21-12-15/h2-3,7,14-15H,4-6,8-12H2,1H3. The predicted molar refractivity (Wildman–Crippen MR) is 82.7 cm³/mol. The Hall–Kier alpha value is -1.62. The molecule has 1 atom stereocenters. The summed E-state index contributed by atoms with van der Waals surface area (Å²) in [5.41, 5.74) is 1.07. The molecule has 1 aromatic heterocycles. The van der Waals surface area contributed by atoms with Crippen molar-refractivity contribution < 1.29 is 14.3 Å². The molecule has 5 nitrogen and oxygen atoms in total. The van der Waals surface area contributed by atoms with Crippen LogP contribution >= 0.6 is 0 Å². The largest absolute Gasteiger partial charge is 0.477 e. The van der Waals surface area contributed by atoms with Gasteiger partial charge in [0.25, 0.3) is 0 Å². The number of aromatic nitrogens is 1. The summed E-state index contributed by atoms with van der Waals surface area (Å²) >= 11 is 0. The van der Waals surface area contributed by atoms with E-state index < -0.39 is 0 Å². The second-order valence-electron chi connectivity index (χ2n) is 6.27. The first-order chi connectivity index (χ1) is 10.7. The van der Waals surface area contributed by atoms with Crippen LogP contribution < -0.4 is 4.74 Å². The van der Waals surface area contributed by atoms with Crippen LogP contribution in [0.2, 0.25) is 0 Å². The zero-order valence-electron chi connectivity index (χ0n) is 13.2. The molecule has 5 heteroatoms. The molecular weight excluding hydrogens is 280 g/mol. The zero-order valence-corrected chi connectivity index (χ0v) is 13.2. The molecule has 120 valence electrons. The number of nitrogens with zero attached hydrogens (tertiary/aromatic N) is 2. The Morgan fingerprint density at radius 2 is 2.23 bits per heavy atom. The van der Waals surface area contributed by atoms with Crippen molar-refractivity contribution in [1.82, 2.24) is 9.88 Å². The number of piperidine rings is 1. The fourth-order valence-electron chi connectivity index (χ4n) is 3.13. The number of pyridine rings is 1. The van der Waals surface area contributed by atoms with E-state index in [2.05, 4.69) is 4.98 Å². The van der Waals surface area contributed by atoms with Crippen molar-refractivity contribution in [2.24, 2.45) is 11.8 Å². The van der Waals surface area contributed by atoms with Crippen molar-refractivity contribution in [3.63, 3.8) is 0 Å². The number of aryl methyl sites for hydroxylation is 1. The fourth-order valence-corrected chi connectivity index (χ4v) is 3.13. The molecule has 1 aromatic rings. The molecule has 0 N–H and O–H groups in total. The summed E-state index contributed by atoms with van der Waals surface area (Å²) in [5, 5.41) is 0. The second kappa shape index (κ2) is 7.09. The van der Waals surface area contributed by atoms with Gasteiger partial charge < -0.3 is 14.4 Å². The van der Waals surface area contributed by atoms with Gasteiger partial charge in [0.2, 0.25) is 11.8 Å². The van der Waals surface area contributed by atoms with Crippen molar-refractivity contribution in [2.75, 3.05) is 32.9 Å². The predicted octanol–water partition coefficient (Wildman–Crippen LogP) is 2.04. The second-order valence-corrected chi connectivity index (χ2v) is 6.27. The Morgan fingerprint density at radius 1 is 1.41 bits per heavy atom. The quantitative estimate of drug-likeness (QED) is 0.854. The molecule has 0 radical (unpaired) electrons. The molecule has 0 bridgehead atoms. The average molecular weight is 304 g/mol. The minimum absolute atomic E-state index is 0.0870. The number of rotatable bonds is 4. The van der Waals surface area contributed by atoms with Crippen molar-refractivity contribution in [3.05, 3.63) is 23.9 Å². The Kier molecular flexibility index (Phi) is 4.93. The van der Waals surface area contributed by atoms with E-state index in [1.807, 2.05) is 24.0 Å². The highest BCUT2D eigenvalue weighted by Crippen LogP contribution is 2.23. The van der Waals surface area contributed by atoms with Gasteiger partial charge >= 0.3 is 0 Å². The number of carbonyl (C=O) groups is 1. The molecule has 0 aliphatic carbocycles. The van der Waals surface area contributed by atoms with Crippen LogP contribution in [-0.4, -0.2) is 48.7 Å². The number of amides is 1. The van der Waals surface area contributed by atoms with E-state index in [0.717, 1.165) is 50.4 Å². The molecular formula is C17H24N2O3. The molecule has 2 fully saturated rings. The lowest BCUT2D eigenvalue weighted by Gasteiger charge is -2.33. The van der Waals surface area contributed by atoms with Crippen LogP contribution in [0.1, 0.15) is 24.8 Å². The number of carbonyl (C=O) groups excluding carboxylic acids is 1. The van der Waals surface area contributed by atoms with E-state index in [9.17, 15) is 4.79 Å². The summed E-state index contributed by atoms with van der Waals surface area (Å²) in [6, 6.07) is 3.92. The van der Waals surface area contributed by atoms with E-state index in [1.165, 1.54) is 0 Å². The third-order valence-corrected chi connectivity index (χ3v) is 4.62. The molecule has 2 saturated heterocycles. The molecule has 1 unspecified atom stereocenters. The molecule has 0 saturated carbocycles. The van der Waals surface area contributed by atoms with E-state index in [-0.39, 0.29) is 11.8 Å². The van der Waals surface area contributed by atoms with Gasteiger partial charge in [-0.2, -0.15) is 0 Å². The molecule has 1 amide bonds. The number of hydrogen-bond donors (Lipinski definition) is 0. The minimum atomic E-state index is 0.0870. The van der Waals surface area contributed by atoms with Crippen molar-refractivity contribution >= 4 is 5.91 Å². The van der Waals surface area contributed by atoms with Gasteiger partial charge in [-0.05, 0) is 38.2 Å². The third kappa shape index (κ3) is 3.58. The van der Waals surface area contributed by atoms with E-state index in [4.69, 9.17) is 9.47 Å². The third-order valence-electron chi connectivity index (χ3n) is 4.62. The lowest BCUT2D eigenvalue weighted by Crippen LogP contribution is -2.42. The maximum Gasteiger partial charge on any atom is 0.228 e. The summed E-state index contributed by atoms with van der Waals surface area (Å²) in [7, 11) is 0. The van der Waals surface area contributed by atoms with E-state index >= 15 is 0 Å². The van der Waals surface area contributed by atoms with Gasteiger partial charge in [-0.25, -0.2) is 4.98 Å². The lowest BCUT2D eigenvalue weighted by molar-refractivity contribution is -0.137. The highest BCUT2D eigenvalue weighted by molar-refractivity contribution is 5.79. The zero-order chi connectivity index (χ0) is 15.4.